The van der Waals surface area contributed by atoms with Gasteiger partial charge in [-0.3, -0.25) is 9.59 Å². The number of carboxylic acids is 2. The lowest BCUT2D eigenvalue weighted by Crippen LogP contribution is -2.41. The first-order valence-corrected chi connectivity index (χ1v) is 5.24. The SMILES string of the molecule is O=C(O)CC[C@H](NC(=O)c1ccc(=O)oc1)C(=O)O. The van der Waals surface area contributed by atoms with Gasteiger partial charge in [-0.1, -0.05) is 0 Å². The molecule has 1 heterocycles. The summed E-state index contributed by atoms with van der Waals surface area (Å²) in [5.41, 5.74) is -0.668. The van der Waals surface area contributed by atoms with Crippen molar-refractivity contribution in [1.29, 1.82) is 0 Å². The van der Waals surface area contributed by atoms with Gasteiger partial charge in [0.15, 0.2) is 0 Å². The van der Waals surface area contributed by atoms with E-state index >= 15 is 0 Å². The van der Waals surface area contributed by atoms with Crippen molar-refractivity contribution >= 4 is 17.8 Å². The highest BCUT2D eigenvalue weighted by atomic mass is 16.4. The van der Waals surface area contributed by atoms with Crippen molar-refractivity contribution in [2.75, 3.05) is 0 Å². The van der Waals surface area contributed by atoms with Crippen molar-refractivity contribution in [2.24, 2.45) is 0 Å². The normalized spacial score (nSPS) is 11.6. The molecule has 3 N–H and O–H groups in total. The van der Waals surface area contributed by atoms with Gasteiger partial charge in [0.1, 0.15) is 12.3 Å². The third kappa shape index (κ3) is 4.62. The van der Waals surface area contributed by atoms with E-state index in [9.17, 15) is 19.2 Å². The minimum absolute atomic E-state index is 0.0267. The summed E-state index contributed by atoms with van der Waals surface area (Å²) in [6.45, 7) is 0. The van der Waals surface area contributed by atoms with Crippen molar-refractivity contribution in [3.8, 4) is 0 Å². The minimum Gasteiger partial charge on any atom is -0.481 e. The van der Waals surface area contributed by atoms with Crippen LogP contribution in [0.5, 0.6) is 0 Å². The zero-order valence-corrected chi connectivity index (χ0v) is 9.66. The summed E-state index contributed by atoms with van der Waals surface area (Å²) in [6.07, 6.45) is 0.266. The molecular weight excluding hydrogens is 258 g/mol. The van der Waals surface area contributed by atoms with Gasteiger partial charge in [0.2, 0.25) is 0 Å². The van der Waals surface area contributed by atoms with E-state index < -0.39 is 29.5 Å². The molecule has 0 aromatic carbocycles. The van der Waals surface area contributed by atoms with E-state index in [0.717, 1.165) is 12.3 Å². The number of hydrogen-bond donors (Lipinski definition) is 3. The molecule has 1 aromatic heterocycles. The lowest BCUT2D eigenvalue weighted by Gasteiger charge is -2.12. The van der Waals surface area contributed by atoms with Crippen molar-refractivity contribution in [3.05, 3.63) is 34.4 Å². The van der Waals surface area contributed by atoms with Crippen LogP contribution < -0.4 is 10.9 Å². The zero-order valence-electron chi connectivity index (χ0n) is 9.66. The topological polar surface area (TPSA) is 134 Å². The smallest absolute Gasteiger partial charge is 0.335 e. The van der Waals surface area contributed by atoms with Gasteiger partial charge in [0, 0.05) is 12.5 Å². The van der Waals surface area contributed by atoms with Crippen LogP contribution in [0.3, 0.4) is 0 Å². The molecule has 102 valence electrons. The first-order valence-electron chi connectivity index (χ1n) is 5.24. The number of amides is 1. The second-order valence-corrected chi connectivity index (χ2v) is 3.64. The lowest BCUT2D eigenvalue weighted by atomic mass is 10.1. The molecule has 0 aliphatic rings. The van der Waals surface area contributed by atoms with Gasteiger partial charge in [0.25, 0.3) is 5.91 Å². The summed E-state index contributed by atoms with van der Waals surface area (Å²) in [4.78, 5) is 43.5. The van der Waals surface area contributed by atoms with Crippen LogP contribution in [0.2, 0.25) is 0 Å². The van der Waals surface area contributed by atoms with E-state index in [4.69, 9.17) is 10.2 Å². The summed E-state index contributed by atoms with van der Waals surface area (Å²) in [5.74, 6) is -3.26. The van der Waals surface area contributed by atoms with Gasteiger partial charge in [-0.25, -0.2) is 9.59 Å². The largest absolute Gasteiger partial charge is 0.481 e. The number of hydrogen-bond acceptors (Lipinski definition) is 5. The van der Waals surface area contributed by atoms with Crippen molar-refractivity contribution in [3.63, 3.8) is 0 Å². The van der Waals surface area contributed by atoms with Crippen molar-refractivity contribution in [1.82, 2.24) is 5.32 Å². The maximum Gasteiger partial charge on any atom is 0.335 e. The van der Waals surface area contributed by atoms with Crippen LogP contribution in [0.15, 0.2) is 27.6 Å². The van der Waals surface area contributed by atoms with Crippen LogP contribution in [0, 0.1) is 0 Å². The van der Waals surface area contributed by atoms with Gasteiger partial charge in [0.05, 0.1) is 5.56 Å². The summed E-state index contributed by atoms with van der Waals surface area (Å²) in [6, 6.07) is 0.870. The quantitative estimate of drug-likeness (QED) is 0.644. The Hall–Kier alpha value is -2.64. The van der Waals surface area contributed by atoms with Crippen LogP contribution in [0.4, 0.5) is 0 Å². The van der Waals surface area contributed by atoms with Crippen molar-refractivity contribution < 1.29 is 29.0 Å². The summed E-state index contributed by atoms with van der Waals surface area (Å²) in [7, 11) is 0. The monoisotopic (exact) mass is 269 g/mol. The van der Waals surface area contributed by atoms with Gasteiger partial charge in [-0.2, -0.15) is 0 Å². The highest BCUT2D eigenvalue weighted by Crippen LogP contribution is 2.01. The van der Waals surface area contributed by atoms with E-state index in [2.05, 4.69) is 9.73 Å². The fourth-order valence-electron chi connectivity index (χ4n) is 1.25. The highest BCUT2D eigenvalue weighted by molar-refractivity contribution is 5.96. The van der Waals surface area contributed by atoms with Gasteiger partial charge in [-0.05, 0) is 12.5 Å². The molecular formula is C11H11NO7. The first-order chi connectivity index (χ1) is 8.90. The Morgan fingerprint density at radius 1 is 1.26 bits per heavy atom. The minimum atomic E-state index is -1.34. The molecule has 19 heavy (non-hydrogen) atoms. The Kier molecular flexibility index (Phi) is 4.81. The molecule has 0 bridgehead atoms. The molecule has 0 saturated carbocycles. The van der Waals surface area contributed by atoms with Crippen LogP contribution in [0.1, 0.15) is 23.2 Å². The van der Waals surface area contributed by atoms with Crippen LogP contribution in [0.25, 0.3) is 0 Å². The molecule has 0 radical (unpaired) electrons. The maximum atomic E-state index is 11.6. The third-order valence-corrected chi connectivity index (χ3v) is 2.21. The number of nitrogens with one attached hydrogen (secondary N) is 1. The Labute approximate surface area is 106 Å². The van der Waals surface area contributed by atoms with Crippen LogP contribution in [-0.2, 0) is 9.59 Å². The summed E-state index contributed by atoms with van der Waals surface area (Å²) < 4.78 is 4.46. The Bertz CT molecular complexity index is 528. The average molecular weight is 269 g/mol. The molecule has 0 aliphatic carbocycles. The fraction of sp³-hybridized carbons (Fsp3) is 0.273. The molecule has 1 aromatic rings. The third-order valence-electron chi connectivity index (χ3n) is 2.21. The fourth-order valence-corrected chi connectivity index (χ4v) is 1.25. The zero-order chi connectivity index (χ0) is 14.4. The van der Waals surface area contributed by atoms with E-state index in [1.807, 2.05) is 0 Å². The second kappa shape index (κ2) is 6.34. The number of rotatable bonds is 6. The van der Waals surface area contributed by atoms with Crippen molar-refractivity contribution in [2.45, 2.75) is 18.9 Å². The predicted molar refractivity (Wildman–Crippen MR) is 60.7 cm³/mol. The standard InChI is InChI=1S/C11H11NO7/c13-8(14)3-2-7(11(17)18)12-10(16)6-1-4-9(15)19-5-6/h1,4-5,7H,2-3H2,(H,12,16)(H,13,14)(H,17,18)/t7-/m0/s1. The number of carbonyl (C=O) groups excluding carboxylic acids is 1. The molecule has 0 aliphatic heterocycles. The Morgan fingerprint density at radius 2 is 1.95 bits per heavy atom. The molecule has 0 spiro atoms. The molecule has 1 amide bonds. The van der Waals surface area contributed by atoms with Gasteiger partial charge >= 0.3 is 17.6 Å². The molecule has 8 nitrogen and oxygen atoms in total. The van der Waals surface area contributed by atoms with E-state index in [1.165, 1.54) is 6.07 Å². The number of carbonyl (C=O) groups is 3. The molecule has 1 atom stereocenters. The van der Waals surface area contributed by atoms with E-state index in [-0.39, 0.29) is 18.4 Å². The molecule has 0 unspecified atom stereocenters. The lowest BCUT2D eigenvalue weighted by molar-refractivity contribution is -0.140. The number of aliphatic carboxylic acids is 2. The average Bonchev–Trinajstić information content (AvgIpc) is 2.34. The first kappa shape index (κ1) is 14.4. The molecule has 0 fully saturated rings. The maximum absolute atomic E-state index is 11.6. The molecule has 0 saturated heterocycles. The summed E-state index contributed by atoms with van der Waals surface area (Å²) >= 11 is 0. The summed E-state index contributed by atoms with van der Waals surface area (Å²) in [5, 5.41) is 19.5. The van der Waals surface area contributed by atoms with Crippen LogP contribution >= 0.6 is 0 Å². The molecule has 8 heteroatoms. The second-order valence-electron chi connectivity index (χ2n) is 3.64. The molecule has 1 rings (SSSR count). The Morgan fingerprint density at radius 3 is 2.42 bits per heavy atom. The van der Waals surface area contributed by atoms with Gasteiger partial charge in [-0.15, -0.1) is 0 Å². The highest BCUT2D eigenvalue weighted by Gasteiger charge is 2.21. The van der Waals surface area contributed by atoms with Gasteiger partial charge < -0.3 is 19.9 Å². The number of carboxylic acid groups (broad SMARTS) is 2. The van der Waals surface area contributed by atoms with E-state index in [0.29, 0.717) is 0 Å². The predicted octanol–water partition coefficient (Wildman–Crippen LogP) is -0.312. The Balaban J connectivity index is 2.70. The van der Waals surface area contributed by atoms with Crippen LogP contribution in [-0.4, -0.2) is 34.1 Å². The van der Waals surface area contributed by atoms with E-state index in [1.54, 1.807) is 0 Å².